The van der Waals surface area contributed by atoms with Crippen molar-refractivity contribution in [2.24, 2.45) is 5.92 Å². The highest BCUT2D eigenvalue weighted by Crippen LogP contribution is 2.27. The number of nitrogens with one attached hydrogen (secondary N) is 1. The Balaban J connectivity index is 1.32. The summed E-state index contributed by atoms with van der Waals surface area (Å²) in [6, 6.07) is 22.4. The molecular formula is C28H31N3O3S2. The van der Waals surface area contributed by atoms with E-state index in [0.29, 0.717) is 11.2 Å². The van der Waals surface area contributed by atoms with Crippen LogP contribution in [0.2, 0.25) is 0 Å². The molecule has 1 saturated heterocycles. The van der Waals surface area contributed by atoms with Crippen molar-refractivity contribution in [1.82, 2.24) is 9.29 Å². The fraction of sp³-hybridized carbons (Fsp3) is 0.321. The third kappa shape index (κ3) is 5.26. The van der Waals surface area contributed by atoms with Gasteiger partial charge in [0.1, 0.15) is 0 Å². The number of fused-ring (bicyclic) bond motifs is 1. The molecule has 5 rings (SSSR count). The molecule has 8 heteroatoms. The number of nitrogens with zero attached hydrogens (tertiary/aromatic N) is 2. The Hall–Kier alpha value is -2.94. The summed E-state index contributed by atoms with van der Waals surface area (Å²) in [5, 5.41) is 0. The number of benzene rings is 3. The lowest BCUT2D eigenvalue weighted by Gasteiger charge is -2.32. The summed E-state index contributed by atoms with van der Waals surface area (Å²) >= 11 is 1.07. The maximum absolute atomic E-state index is 13.2. The molecule has 0 unspecified atom stereocenters. The summed E-state index contributed by atoms with van der Waals surface area (Å²) < 4.78 is 31.5. The summed E-state index contributed by atoms with van der Waals surface area (Å²) in [6.45, 7) is 6.72. The van der Waals surface area contributed by atoms with Crippen molar-refractivity contribution in [2.75, 3.05) is 18.0 Å². The summed E-state index contributed by atoms with van der Waals surface area (Å²) in [7, 11) is -3.76. The second kappa shape index (κ2) is 10.2. The third-order valence-electron chi connectivity index (χ3n) is 7.01. The van der Waals surface area contributed by atoms with Crippen LogP contribution in [0.1, 0.15) is 43.9 Å². The molecule has 0 bridgehead atoms. The molecule has 1 aromatic heterocycles. The maximum atomic E-state index is 13.2. The van der Waals surface area contributed by atoms with Crippen molar-refractivity contribution in [1.29, 1.82) is 0 Å². The van der Waals surface area contributed by atoms with Gasteiger partial charge in [0.25, 0.3) is 0 Å². The molecular weight excluding hydrogens is 490 g/mol. The molecule has 36 heavy (non-hydrogen) atoms. The molecule has 0 amide bonds. The lowest BCUT2D eigenvalue weighted by atomic mass is 9.98. The predicted octanol–water partition coefficient (Wildman–Crippen LogP) is 5.39. The van der Waals surface area contributed by atoms with Gasteiger partial charge in [-0.15, -0.1) is 0 Å². The predicted molar refractivity (Wildman–Crippen MR) is 147 cm³/mol. The molecule has 188 valence electrons. The Morgan fingerprint density at radius 2 is 1.69 bits per heavy atom. The van der Waals surface area contributed by atoms with Gasteiger partial charge in [-0.1, -0.05) is 60.7 Å². The van der Waals surface area contributed by atoms with Crippen molar-refractivity contribution >= 4 is 37.3 Å². The van der Waals surface area contributed by atoms with Gasteiger partial charge in [0.2, 0.25) is 10.0 Å². The van der Waals surface area contributed by atoms with Gasteiger partial charge in [-0.05, 0) is 67.1 Å². The summed E-state index contributed by atoms with van der Waals surface area (Å²) in [6.07, 6.45) is 2.40. The van der Waals surface area contributed by atoms with E-state index < -0.39 is 10.0 Å². The molecule has 1 aliphatic heterocycles. The first-order valence-electron chi connectivity index (χ1n) is 12.3. The molecule has 1 N–H and O–H groups in total. The molecule has 0 saturated carbocycles. The molecule has 2 heterocycles. The average Bonchev–Trinajstić information content (AvgIpc) is 3.19. The van der Waals surface area contributed by atoms with E-state index in [1.807, 2.05) is 49.4 Å². The number of piperidine rings is 1. The molecule has 0 radical (unpaired) electrons. The van der Waals surface area contributed by atoms with Crippen LogP contribution in [0.15, 0.2) is 82.5 Å². The molecule has 0 spiro atoms. The highest BCUT2D eigenvalue weighted by atomic mass is 32.2. The Morgan fingerprint density at radius 1 is 1.00 bits per heavy atom. The van der Waals surface area contributed by atoms with Gasteiger partial charge in [0.15, 0.2) is 0 Å². The van der Waals surface area contributed by atoms with Crippen LogP contribution >= 0.6 is 11.3 Å². The van der Waals surface area contributed by atoms with E-state index in [-0.39, 0.29) is 15.8 Å². The lowest BCUT2D eigenvalue weighted by Crippen LogP contribution is -2.32. The Labute approximate surface area is 216 Å². The largest absolute Gasteiger partial charge is 0.372 e. The van der Waals surface area contributed by atoms with E-state index in [1.54, 1.807) is 22.8 Å². The van der Waals surface area contributed by atoms with Crippen LogP contribution in [-0.2, 0) is 16.6 Å². The van der Waals surface area contributed by atoms with Crippen LogP contribution in [0, 0.1) is 5.92 Å². The SMILES string of the molecule is CC1CCN(c2ccc([C@H](C)NS(=O)(=O)c3ccc4c(c3)sc(=O)n4Cc3ccccc3)cc2)CC1. The Morgan fingerprint density at radius 3 is 2.39 bits per heavy atom. The number of aromatic nitrogens is 1. The molecule has 1 aliphatic rings. The first kappa shape index (κ1) is 24.7. The number of anilines is 1. The van der Waals surface area contributed by atoms with Crippen molar-refractivity contribution in [3.05, 3.63) is 93.6 Å². The summed E-state index contributed by atoms with van der Waals surface area (Å²) in [5.74, 6) is 0.776. The highest BCUT2D eigenvalue weighted by molar-refractivity contribution is 7.89. The van der Waals surface area contributed by atoms with Crippen LogP contribution in [0.3, 0.4) is 0 Å². The number of rotatable bonds is 7. The smallest absolute Gasteiger partial charge is 0.308 e. The van der Waals surface area contributed by atoms with E-state index in [9.17, 15) is 13.2 Å². The van der Waals surface area contributed by atoms with Crippen LogP contribution in [-0.4, -0.2) is 26.1 Å². The molecule has 0 aliphatic carbocycles. The molecule has 4 aromatic rings. The van der Waals surface area contributed by atoms with Crippen molar-refractivity contribution in [3.63, 3.8) is 0 Å². The van der Waals surface area contributed by atoms with Crippen LogP contribution in [0.5, 0.6) is 0 Å². The third-order valence-corrected chi connectivity index (χ3v) is 9.49. The van der Waals surface area contributed by atoms with E-state index >= 15 is 0 Å². The number of hydrogen-bond acceptors (Lipinski definition) is 5. The van der Waals surface area contributed by atoms with Crippen LogP contribution < -0.4 is 14.5 Å². The maximum Gasteiger partial charge on any atom is 0.308 e. The quantitative estimate of drug-likeness (QED) is 0.354. The Kier molecular flexibility index (Phi) is 7.01. The lowest BCUT2D eigenvalue weighted by molar-refractivity contribution is 0.438. The normalized spacial score (nSPS) is 15.9. The van der Waals surface area contributed by atoms with Crippen molar-refractivity contribution in [3.8, 4) is 0 Å². The second-order valence-electron chi connectivity index (χ2n) is 9.67. The number of sulfonamides is 1. The monoisotopic (exact) mass is 521 g/mol. The average molecular weight is 522 g/mol. The van der Waals surface area contributed by atoms with Gasteiger partial charge in [0.05, 0.1) is 21.7 Å². The zero-order valence-electron chi connectivity index (χ0n) is 20.6. The molecule has 3 aromatic carbocycles. The molecule has 1 atom stereocenters. The van der Waals surface area contributed by atoms with Gasteiger partial charge >= 0.3 is 4.87 Å². The van der Waals surface area contributed by atoms with Gasteiger partial charge in [0, 0.05) is 24.8 Å². The first-order chi connectivity index (χ1) is 17.3. The second-order valence-corrected chi connectivity index (χ2v) is 12.4. The van der Waals surface area contributed by atoms with E-state index in [0.717, 1.165) is 47.0 Å². The van der Waals surface area contributed by atoms with Gasteiger partial charge in [-0.2, -0.15) is 0 Å². The van der Waals surface area contributed by atoms with Crippen LogP contribution in [0.25, 0.3) is 10.2 Å². The molecule has 6 nitrogen and oxygen atoms in total. The standard InChI is InChI=1S/C28H31N3O3S2/c1-20-14-16-30(17-15-20)24-10-8-23(9-11-24)21(2)29-36(33,34)25-12-13-26-27(18-25)35-28(32)31(26)19-22-6-4-3-5-7-22/h3-13,18,20-21,29H,14-17,19H2,1-2H3/t21-/m0/s1. The number of thiazole rings is 1. The zero-order chi connectivity index (χ0) is 25.3. The van der Waals surface area contributed by atoms with Gasteiger partial charge in [-0.25, -0.2) is 13.1 Å². The fourth-order valence-electron chi connectivity index (χ4n) is 4.74. The minimum Gasteiger partial charge on any atom is -0.372 e. The zero-order valence-corrected chi connectivity index (χ0v) is 22.2. The minimum absolute atomic E-state index is 0.104. The van der Waals surface area contributed by atoms with Gasteiger partial charge < -0.3 is 4.90 Å². The number of hydrogen-bond donors (Lipinski definition) is 1. The summed E-state index contributed by atoms with van der Waals surface area (Å²) in [5.41, 5.74) is 3.85. The Bertz CT molecular complexity index is 1500. The van der Waals surface area contributed by atoms with E-state index in [2.05, 4.69) is 28.7 Å². The topological polar surface area (TPSA) is 71.4 Å². The first-order valence-corrected chi connectivity index (χ1v) is 14.6. The summed E-state index contributed by atoms with van der Waals surface area (Å²) in [4.78, 5) is 15.1. The fourth-order valence-corrected chi connectivity index (χ4v) is 7.00. The van der Waals surface area contributed by atoms with E-state index in [4.69, 9.17) is 0 Å². The van der Waals surface area contributed by atoms with E-state index in [1.165, 1.54) is 18.5 Å². The minimum atomic E-state index is -3.76. The van der Waals surface area contributed by atoms with Gasteiger partial charge in [-0.3, -0.25) is 9.36 Å². The highest BCUT2D eigenvalue weighted by Gasteiger charge is 2.21. The van der Waals surface area contributed by atoms with Crippen molar-refractivity contribution in [2.45, 2.75) is 44.2 Å². The molecule has 1 fully saturated rings. The van der Waals surface area contributed by atoms with Crippen LogP contribution in [0.4, 0.5) is 5.69 Å². The van der Waals surface area contributed by atoms with Crippen molar-refractivity contribution < 1.29 is 8.42 Å².